The highest BCUT2D eigenvalue weighted by Crippen LogP contribution is 2.35. The summed E-state index contributed by atoms with van der Waals surface area (Å²) >= 11 is 3.35. The second-order valence-corrected chi connectivity index (χ2v) is 4.64. The highest BCUT2D eigenvalue weighted by molar-refractivity contribution is 9.10. The molecular weight excluding hydrogens is 245 g/mol. The van der Waals surface area contributed by atoms with Crippen LogP contribution in [0.15, 0.2) is 28.7 Å². The van der Waals surface area contributed by atoms with E-state index in [0.717, 1.165) is 23.1 Å². The lowest BCUT2D eigenvalue weighted by atomic mass is 9.87. The van der Waals surface area contributed by atoms with Crippen molar-refractivity contribution >= 4 is 15.9 Å². The Bertz CT molecular complexity index is 304. The third-order valence-electron chi connectivity index (χ3n) is 2.76. The maximum Gasteiger partial charge on any atom is 0.138 e. The van der Waals surface area contributed by atoms with Crippen LogP contribution in [0, 0.1) is 0 Å². The molecule has 1 N–H and O–H groups in total. The molecule has 0 bridgehead atoms. The molecule has 0 spiro atoms. The minimum absolute atomic E-state index is 0.578. The quantitative estimate of drug-likeness (QED) is 0.816. The van der Waals surface area contributed by atoms with Crippen molar-refractivity contribution in [2.24, 2.45) is 0 Å². The van der Waals surface area contributed by atoms with Gasteiger partial charge in [0.25, 0.3) is 0 Å². The minimum atomic E-state index is -1.12. The average molecular weight is 258 g/mol. The SMILES string of the molecule is FC1(c2ccc(Br)cc2)CCNCC1. The van der Waals surface area contributed by atoms with E-state index in [1.807, 2.05) is 24.3 Å². The van der Waals surface area contributed by atoms with Crippen LogP contribution in [0.25, 0.3) is 0 Å². The second kappa shape index (κ2) is 3.99. The molecule has 14 heavy (non-hydrogen) atoms. The molecule has 0 atom stereocenters. The summed E-state index contributed by atoms with van der Waals surface area (Å²) in [5.41, 5.74) is -0.312. The van der Waals surface area contributed by atoms with Crippen molar-refractivity contribution < 1.29 is 4.39 Å². The van der Waals surface area contributed by atoms with Gasteiger partial charge in [0.05, 0.1) is 0 Å². The molecule has 1 saturated heterocycles. The number of hydrogen-bond acceptors (Lipinski definition) is 1. The van der Waals surface area contributed by atoms with Crippen LogP contribution in [-0.4, -0.2) is 13.1 Å². The van der Waals surface area contributed by atoms with E-state index in [2.05, 4.69) is 21.2 Å². The molecule has 76 valence electrons. The van der Waals surface area contributed by atoms with Crippen LogP contribution in [0.1, 0.15) is 18.4 Å². The molecule has 1 aliphatic rings. The van der Waals surface area contributed by atoms with Crippen LogP contribution in [0.5, 0.6) is 0 Å². The van der Waals surface area contributed by atoms with Gasteiger partial charge in [-0.25, -0.2) is 4.39 Å². The molecule has 3 heteroatoms. The van der Waals surface area contributed by atoms with Gasteiger partial charge in [-0.15, -0.1) is 0 Å². The lowest BCUT2D eigenvalue weighted by Gasteiger charge is -2.30. The summed E-state index contributed by atoms with van der Waals surface area (Å²) in [6, 6.07) is 7.54. The van der Waals surface area contributed by atoms with Crippen molar-refractivity contribution in [3.05, 3.63) is 34.3 Å². The smallest absolute Gasteiger partial charge is 0.138 e. The van der Waals surface area contributed by atoms with Gasteiger partial charge in [-0.2, -0.15) is 0 Å². The molecule has 1 aromatic carbocycles. The van der Waals surface area contributed by atoms with Gasteiger partial charge in [0, 0.05) is 4.47 Å². The number of benzene rings is 1. The minimum Gasteiger partial charge on any atom is -0.316 e. The lowest BCUT2D eigenvalue weighted by Crippen LogP contribution is -2.36. The van der Waals surface area contributed by atoms with E-state index in [4.69, 9.17) is 0 Å². The first-order chi connectivity index (χ1) is 6.71. The maximum atomic E-state index is 14.4. The van der Waals surface area contributed by atoms with Crippen LogP contribution < -0.4 is 5.32 Å². The maximum absolute atomic E-state index is 14.4. The molecule has 1 aliphatic heterocycles. The molecule has 2 rings (SSSR count). The molecule has 1 aromatic rings. The van der Waals surface area contributed by atoms with Gasteiger partial charge in [0.2, 0.25) is 0 Å². The lowest BCUT2D eigenvalue weighted by molar-refractivity contribution is 0.115. The Kier molecular flexibility index (Phi) is 2.88. The summed E-state index contributed by atoms with van der Waals surface area (Å²) in [6.45, 7) is 1.54. The van der Waals surface area contributed by atoms with Crippen molar-refractivity contribution in [3.8, 4) is 0 Å². The topological polar surface area (TPSA) is 12.0 Å². The van der Waals surface area contributed by atoms with Crippen molar-refractivity contribution in [3.63, 3.8) is 0 Å². The molecule has 0 saturated carbocycles. The monoisotopic (exact) mass is 257 g/mol. The first-order valence-electron chi connectivity index (χ1n) is 4.86. The van der Waals surface area contributed by atoms with E-state index in [0.29, 0.717) is 12.8 Å². The number of halogens is 2. The van der Waals surface area contributed by atoms with E-state index >= 15 is 0 Å². The summed E-state index contributed by atoms with van der Waals surface area (Å²) in [7, 11) is 0. The second-order valence-electron chi connectivity index (χ2n) is 3.72. The molecule has 1 fully saturated rings. The third kappa shape index (κ3) is 1.98. The van der Waals surface area contributed by atoms with Gasteiger partial charge >= 0.3 is 0 Å². The molecule has 0 unspecified atom stereocenters. The van der Waals surface area contributed by atoms with Crippen LogP contribution in [0.2, 0.25) is 0 Å². The van der Waals surface area contributed by atoms with Gasteiger partial charge in [0.1, 0.15) is 5.67 Å². The van der Waals surface area contributed by atoms with Gasteiger partial charge in [-0.1, -0.05) is 28.1 Å². The Balaban J connectivity index is 2.23. The fourth-order valence-corrected chi connectivity index (χ4v) is 2.12. The molecule has 0 aliphatic carbocycles. The zero-order valence-electron chi connectivity index (χ0n) is 7.89. The van der Waals surface area contributed by atoms with E-state index < -0.39 is 5.67 Å². The predicted octanol–water partition coefficient (Wildman–Crippen LogP) is 3.00. The molecule has 1 heterocycles. The predicted molar refractivity (Wildman–Crippen MR) is 59.0 cm³/mol. The highest BCUT2D eigenvalue weighted by Gasteiger charge is 2.33. The largest absolute Gasteiger partial charge is 0.316 e. The third-order valence-corrected chi connectivity index (χ3v) is 3.29. The molecule has 0 aromatic heterocycles. The highest BCUT2D eigenvalue weighted by atomic mass is 79.9. The molecular formula is C11H13BrFN. The van der Waals surface area contributed by atoms with E-state index in [-0.39, 0.29) is 0 Å². The van der Waals surface area contributed by atoms with Gasteiger partial charge in [-0.3, -0.25) is 0 Å². The van der Waals surface area contributed by atoms with Crippen LogP contribution in [0.3, 0.4) is 0 Å². The van der Waals surface area contributed by atoms with Crippen molar-refractivity contribution in [2.45, 2.75) is 18.5 Å². The summed E-state index contributed by atoms with van der Waals surface area (Å²) < 4.78 is 15.4. The first-order valence-corrected chi connectivity index (χ1v) is 5.66. The van der Waals surface area contributed by atoms with Gasteiger partial charge in [-0.05, 0) is 43.6 Å². The van der Waals surface area contributed by atoms with Crippen molar-refractivity contribution in [2.75, 3.05) is 13.1 Å². The van der Waals surface area contributed by atoms with E-state index in [9.17, 15) is 4.39 Å². The number of hydrogen-bond donors (Lipinski definition) is 1. The fraction of sp³-hybridized carbons (Fsp3) is 0.455. The Morgan fingerprint density at radius 1 is 1.14 bits per heavy atom. The van der Waals surface area contributed by atoms with Crippen LogP contribution in [0.4, 0.5) is 4.39 Å². The summed E-state index contributed by atoms with van der Waals surface area (Å²) in [5.74, 6) is 0. The zero-order valence-corrected chi connectivity index (χ0v) is 9.48. The number of nitrogens with one attached hydrogen (secondary N) is 1. The Hall–Kier alpha value is -0.410. The van der Waals surface area contributed by atoms with Gasteiger partial charge in [0.15, 0.2) is 0 Å². The fourth-order valence-electron chi connectivity index (χ4n) is 1.86. The zero-order chi connectivity index (χ0) is 10.0. The van der Waals surface area contributed by atoms with Crippen LogP contribution in [-0.2, 0) is 5.67 Å². The molecule has 0 amide bonds. The summed E-state index contributed by atoms with van der Waals surface area (Å²) in [4.78, 5) is 0. The van der Waals surface area contributed by atoms with Crippen LogP contribution >= 0.6 is 15.9 Å². The van der Waals surface area contributed by atoms with Crippen molar-refractivity contribution in [1.29, 1.82) is 0 Å². The molecule has 1 nitrogen and oxygen atoms in total. The van der Waals surface area contributed by atoms with E-state index in [1.54, 1.807) is 0 Å². The summed E-state index contributed by atoms with van der Waals surface area (Å²) in [5, 5.41) is 3.17. The number of alkyl halides is 1. The normalized spacial score (nSPS) is 20.7. The van der Waals surface area contributed by atoms with E-state index in [1.165, 1.54) is 0 Å². The average Bonchev–Trinajstić information content (AvgIpc) is 2.19. The first kappa shape index (κ1) is 10.1. The molecule has 0 radical (unpaired) electrons. The number of piperidine rings is 1. The Labute approximate surface area is 91.8 Å². The van der Waals surface area contributed by atoms with Gasteiger partial charge < -0.3 is 5.32 Å². The number of rotatable bonds is 1. The standard InChI is InChI=1S/C11H13BrFN/c12-10-3-1-9(2-4-10)11(13)5-7-14-8-6-11/h1-4,14H,5-8H2. The summed E-state index contributed by atoms with van der Waals surface area (Å²) in [6.07, 6.45) is 1.16. The Morgan fingerprint density at radius 3 is 2.29 bits per heavy atom. The Morgan fingerprint density at radius 2 is 1.71 bits per heavy atom. The van der Waals surface area contributed by atoms with Crippen molar-refractivity contribution in [1.82, 2.24) is 5.32 Å².